The molecule has 0 amide bonds. The van der Waals surface area contributed by atoms with Crippen molar-refractivity contribution < 1.29 is 16.8 Å². The lowest BCUT2D eigenvalue weighted by molar-refractivity contribution is 0.544. The summed E-state index contributed by atoms with van der Waals surface area (Å²) in [6.45, 7) is 0.193. The maximum absolute atomic E-state index is 11.2. The van der Waals surface area contributed by atoms with Crippen LogP contribution < -0.4 is 4.72 Å². The number of sulfonamides is 1. The van der Waals surface area contributed by atoms with Gasteiger partial charge in [0.05, 0.1) is 17.3 Å². The van der Waals surface area contributed by atoms with Gasteiger partial charge in [-0.05, 0) is 12.3 Å². The molecule has 0 aromatic rings. The number of hydrogen-bond acceptors (Lipinski definition) is 4. The molecule has 1 atom stereocenters. The third-order valence-electron chi connectivity index (χ3n) is 2.26. The van der Waals surface area contributed by atoms with Gasteiger partial charge in [-0.15, -0.1) is 11.6 Å². The van der Waals surface area contributed by atoms with Crippen LogP contribution in [0.4, 0.5) is 0 Å². The van der Waals surface area contributed by atoms with Crippen LogP contribution in [0.1, 0.15) is 6.42 Å². The lowest BCUT2D eigenvalue weighted by Gasteiger charge is -2.09. The molecular weight excluding hydrogens is 262 g/mol. The summed E-state index contributed by atoms with van der Waals surface area (Å²) in [6, 6.07) is 0. The van der Waals surface area contributed by atoms with Crippen LogP contribution in [0.3, 0.4) is 0 Å². The molecule has 8 heteroatoms. The molecule has 1 heterocycles. The molecule has 1 rings (SSSR count). The lowest BCUT2D eigenvalue weighted by Crippen LogP contribution is -2.32. The van der Waals surface area contributed by atoms with Crippen LogP contribution in [0.2, 0.25) is 0 Å². The zero-order valence-electron chi connectivity index (χ0n) is 8.15. The molecule has 1 fully saturated rings. The molecule has 0 aromatic heterocycles. The third-order valence-corrected chi connectivity index (χ3v) is 5.86. The quantitative estimate of drug-likeness (QED) is 0.691. The normalized spacial score (nSPS) is 25.5. The van der Waals surface area contributed by atoms with E-state index in [9.17, 15) is 16.8 Å². The van der Waals surface area contributed by atoms with Crippen LogP contribution >= 0.6 is 11.6 Å². The predicted molar refractivity (Wildman–Crippen MR) is 59.3 cm³/mol. The van der Waals surface area contributed by atoms with Crippen molar-refractivity contribution in [3.63, 3.8) is 0 Å². The summed E-state index contributed by atoms with van der Waals surface area (Å²) in [7, 11) is -6.27. The van der Waals surface area contributed by atoms with E-state index in [0.717, 1.165) is 0 Å². The molecule has 0 aromatic carbocycles. The molecular formula is C7H14ClNO4S2. The summed E-state index contributed by atoms with van der Waals surface area (Å²) in [5.41, 5.74) is 0. The Hall–Kier alpha value is 0.150. The van der Waals surface area contributed by atoms with E-state index in [-0.39, 0.29) is 35.6 Å². The van der Waals surface area contributed by atoms with E-state index in [0.29, 0.717) is 6.42 Å². The molecule has 15 heavy (non-hydrogen) atoms. The zero-order valence-corrected chi connectivity index (χ0v) is 10.5. The van der Waals surface area contributed by atoms with E-state index in [4.69, 9.17) is 11.6 Å². The third kappa shape index (κ3) is 4.67. The zero-order chi connectivity index (χ0) is 11.5. The Morgan fingerprint density at radius 2 is 2.07 bits per heavy atom. The number of alkyl halides is 1. The Bertz CT molecular complexity index is 403. The van der Waals surface area contributed by atoms with Gasteiger partial charge in [0.2, 0.25) is 10.0 Å². The van der Waals surface area contributed by atoms with Crippen LogP contribution in [0.5, 0.6) is 0 Å². The number of halogens is 1. The molecule has 0 saturated carbocycles. The van der Waals surface area contributed by atoms with Gasteiger partial charge in [0.1, 0.15) is 0 Å². The Morgan fingerprint density at radius 3 is 2.53 bits per heavy atom. The molecule has 90 valence electrons. The summed E-state index contributed by atoms with van der Waals surface area (Å²) in [5, 5.41) is 0. The maximum Gasteiger partial charge on any atom is 0.212 e. The topological polar surface area (TPSA) is 80.3 Å². The minimum Gasteiger partial charge on any atom is -0.229 e. The highest BCUT2D eigenvalue weighted by molar-refractivity contribution is 7.91. The van der Waals surface area contributed by atoms with Gasteiger partial charge < -0.3 is 0 Å². The summed E-state index contributed by atoms with van der Waals surface area (Å²) in [6.07, 6.45) is 0.533. The minimum atomic E-state index is -3.33. The first-order valence-electron chi connectivity index (χ1n) is 4.58. The molecule has 5 nitrogen and oxygen atoms in total. The summed E-state index contributed by atoms with van der Waals surface area (Å²) < 4.78 is 47.0. The molecule has 0 radical (unpaired) electrons. The number of sulfone groups is 1. The Labute approximate surface area is 95.2 Å². The first kappa shape index (κ1) is 13.2. The number of rotatable bonds is 5. The largest absolute Gasteiger partial charge is 0.229 e. The van der Waals surface area contributed by atoms with Crippen molar-refractivity contribution >= 4 is 31.5 Å². The summed E-state index contributed by atoms with van der Waals surface area (Å²) in [5.74, 6) is 0.0533. The van der Waals surface area contributed by atoms with E-state index in [1.54, 1.807) is 0 Å². The van der Waals surface area contributed by atoms with E-state index < -0.39 is 19.9 Å². The molecule has 1 aliphatic rings. The van der Waals surface area contributed by atoms with E-state index in [1.807, 2.05) is 0 Å². The highest BCUT2D eigenvalue weighted by Gasteiger charge is 2.28. The van der Waals surface area contributed by atoms with Gasteiger partial charge >= 0.3 is 0 Å². The average Bonchev–Trinajstić information content (AvgIpc) is 2.42. The van der Waals surface area contributed by atoms with Crippen molar-refractivity contribution in [1.29, 1.82) is 0 Å². The average molecular weight is 276 g/mol. The molecule has 1 aliphatic heterocycles. The van der Waals surface area contributed by atoms with E-state index >= 15 is 0 Å². The fraction of sp³-hybridized carbons (Fsp3) is 1.00. The monoisotopic (exact) mass is 275 g/mol. The van der Waals surface area contributed by atoms with Gasteiger partial charge in [-0.1, -0.05) is 0 Å². The Balaban J connectivity index is 2.40. The Morgan fingerprint density at radius 1 is 1.40 bits per heavy atom. The predicted octanol–water partition coefficient (Wildman–Crippen LogP) is -0.421. The van der Waals surface area contributed by atoms with Crippen molar-refractivity contribution in [2.75, 3.05) is 29.7 Å². The van der Waals surface area contributed by atoms with Gasteiger partial charge in [0.25, 0.3) is 0 Å². The standard InChI is InChI=1S/C7H14ClNO4S2/c8-2-4-15(12,13)9-5-7-1-3-14(10,11)6-7/h7,9H,1-6H2. The molecule has 1 N–H and O–H groups in total. The van der Waals surface area contributed by atoms with Crippen molar-refractivity contribution in [2.45, 2.75) is 6.42 Å². The molecule has 1 saturated heterocycles. The van der Waals surface area contributed by atoms with Crippen LogP contribution in [-0.4, -0.2) is 46.5 Å². The van der Waals surface area contributed by atoms with E-state index in [1.165, 1.54) is 0 Å². The van der Waals surface area contributed by atoms with Crippen LogP contribution in [0, 0.1) is 5.92 Å². The molecule has 0 bridgehead atoms. The van der Waals surface area contributed by atoms with E-state index in [2.05, 4.69) is 4.72 Å². The van der Waals surface area contributed by atoms with Crippen molar-refractivity contribution in [3.05, 3.63) is 0 Å². The molecule has 0 aliphatic carbocycles. The van der Waals surface area contributed by atoms with Gasteiger partial charge in [-0.2, -0.15) is 0 Å². The molecule has 1 unspecified atom stereocenters. The highest BCUT2D eigenvalue weighted by Crippen LogP contribution is 2.17. The Kier molecular flexibility index (Phi) is 4.39. The second kappa shape index (κ2) is 4.99. The minimum absolute atomic E-state index is 0.0400. The van der Waals surface area contributed by atoms with Crippen LogP contribution in [0.25, 0.3) is 0 Å². The summed E-state index contributed by atoms with van der Waals surface area (Å²) in [4.78, 5) is 0. The smallest absolute Gasteiger partial charge is 0.212 e. The number of nitrogens with one attached hydrogen (secondary N) is 1. The first-order chi connectivity index (χ1) is 6.85. The van der Waals surface area contributed by atoms with Crippen molar-refractivity contribution in [3.8, 4) is 0 Å². The maximum atomic E-state index is 11.2. The first-order valence-corrected chi connectivity index (χ1v) is 8.59. The number of hydrogen-bond donors (Lipinski definition) is 1. The van der Waals surface area contributed by atoms with Crippen LogP contribution in [-0.2, 0) is 19.9 Å². The van der Waals surface area contributed by atoms with Crippen LogP contribution in [0.15, 0.2) is 0 Å². The fourth-order valence-corrected chi connectivity index (χ4v) is 4.76. The van der Waals surface area contributed by atoms with Gasteiger partial charge in [-0.3, -0.25) is 0 Å². The van der Waals surface area contributed by atoms with Crippen molar-refractivity contribution in [2.24, 2.45) is 5.92 Å². The second-order valence-corrected chi connectivity index (χ2v) is 8.16. The van der Waals surface area contributed by atoms with Gasteiger partial charge in [0.15, 0.2) is 9.84 Å². The highest BCUT2D eigenvalue weighted by atomic mass is 35.5. The van der Waals surface area contributed by atoms with Gasteiger partial charge in [0, 0.05) is 12.4 Å². The molecule has 0 spiro atoms. The summed E-state index contributed by atoms with van der Waals surface area (Å²) >= 11 is 5.31. The SMILES string of the molecule is O=S1(=O)CCC(CNS(=O)(=O)CCCl)C1. The lowest BCUT2D eigenvalue weighted by atomic mass is 10.1. The second-order valence-electron chi connectivity index (χ2n) is 3.63. The fourth-order valence-electron chi connectivity index (χ4n) is 1.45. The van der Waals surface area contributed by atoms with Gasteiger partial charge in [-0.25, -0.2) is 21.6 Å². The van der Waals surface area contributed by atoms with Crippen molar-refractivity contribution in [1.82, 2.24) is 4.72 Å².